The van der Waals surface area contributed by atoms with Gasteiger partial charge in [-0.2, -0.15) is 5.10 Å². The summed E-state index contributed by atoms with van der Waals surface area (Å²) in [7, 11) is -0.368. The molecule has 1 atom stereocenters. The summed E-state index contributed by atoms with van der Waals surface area (Å²) in [6.07, 6.45) is 1.36. The van der Waals surface area contributed by atoms with Crippen LogP contribution in [-0.2, 0) is 0 Å². The Morgan fingerprint density at radius 2 is 1.89 bits per heavy atom. The molecule has 0 aliphatic carbocycles. The fraction of sp³-hybridized carbons (Fsp3) is 0. The fourth-order valence-corrected chi connectivity index (χ4v) is 5.55. The minimum Gasteiger partial charge on any atom is -0.305 e. The molecule has 0 bridgehead atoms. The Kier molecular flexibility index (Phi) is 5.61. The number of rotatable bonds is 5. The van der Waals surface area contributed by atoms with Gasteiger partial charge in [-0.15, -0.1) is 10.5 Å². The van der Waals surface area contributed by atoms with Gasteiger partial charge in [-0.05, 0) is 36.4 Å². The van der Waals surface area contributed by atoms with Crippen LogP contribution in [0.15, 0.2) is 64.6 Å². The Morgan fingerprint density at radius 3 is 2.63 bits per heavy atom. The molecule has 5 aromatic rings. The first kappa shape index (κ1) is 23.7. The predicted molar refractivity (Wildman–Crippen MR) is 142 cm³/mol. The third kappa shape index (κ3) is 4.14. The first-order valence-corrected chi connectivity index (χ1v) is 13.0. The maximum absolute atomic E-state index is 14.0. The van der Waals surface area contributed by atoms with Crippen molar-refractivity contribution in [2.75, 3.05) is 5.32 Å². The molecule has 188 valence electrons. The van der Waals surface area contributed by atoms with E-state index in [1.807, 2.05) is 6.07 Å². The van der Waals surface area contributed by atoms with Gasteiger partial charge in [-0.1, -0.05) is 17.2 Å². The maximum Gasteiger partial charge on any atom is 0.324 e. The lowest BCUT2D eigenvalue weighted by atomic mass is 10.2. The summed E-state index contributed by atoms with van der Waals surface area (Å²) < 4.78 is 29.2. The number of hydrogen-bond donors (Lipinski definition) is 1. The van der Waals surface area contributed by atoms with Gasteiger partial charge < -0.3 is 5.32 Å². The normalized spacial score (nSPS) is 14.1. The van der Waals surface area contributed by atoms with E-state index in [4.69, 9.17) is 0 Å². The molecule has 10 nitrogen and oxygen atoms in total. The number of nitrogens with one attached hydrogen (secondary N) is 1. The van der Waals surface area contributed by atoms with E-state index < -0.39 is 22.5 Å². The molecule has 0 radical (unpaired) electrons. The minimum atomic E-state index is -0.800. The molecular weight excluding hydrogens is 536 g/mol. The zero-order chi connectivity index (χ0) is 26.6. The summed E-state index contributed by atoms with van der Waals surface area (Å²) in [6, 6.07) is 10.9. The lowest BCUT2D eigenvalue weighted by Crippen LogP contribution is -2.12. The Hall–Kier alpha value is -4.69. The van der Waals surface area contributed by atoms with Gasteiger partial charge in [0.05, 0.1) is 38.3 Å². The van der Waals surface area contributed by atoms with E-state index in [0.717, 1.165) is 23.1 Å². The van der Waals surface area contributed by atoms with Crippen molar-refractivity contribution in [1.82, 2.24) is 19.7 Å². The van der Waals surface area contributed by atoms with E-state index in [-0.39, 0.29) is 48.7 Å². The first-order chi connectivity index (χ1) is 18.3. The Morgan fingerprint density at radius 1 is 1.11 bits per heavy atom. The Labute approximate surface area is 218 Å². The lowest BCUT2D eigenvalue weighted by molar-refractivity contribution is -0.380. The largest absolute Gasteiger partial charge is 0.324 e. The standard InChI is InChI=1S/C24H13F2N7O3S2/c1-38-11-27-17-6-12(2-4-19(17)38)21-29-22(31-24(34)18-3-5-20(37-18)33(35)36)16-10-28-32(23(16)30-21)15-8-13(25)7-14(26)9-15/h2-11H,1H2,(H,29,30,31,34). The second-order valence-electron chi connectivity index (χ2n) is 8.01. The Balaban J connectivity index is 1.50. The van der Waals surface area contributed by atoms with Gasteiger partial charge in [0.25, 0.3) is 5.91 Å². The lowest BCUT2D eigenvalue weighted by Gasteiger charge is -2.10. The summed E-state index contributed by atoms with van der Waals surface area (Å²) in [5.74, 6) is 2.08. The maximum atomic E-state index is 14.0. The number of aliphatic imine (C=N–C) groups is 1. The summed E-state index contributed by atoms with van der Waals surface area (Å²) in [6.45, 7) is 0. The van der Waals surface area contributed by atoms with Crippen molar-refractivity contribution in [3.8, 4) is 17.1 Å². The average molecular weight is 550 g/mol. The molecule has 0 saturated heterocycles. The molecular formula is C24H13F2N7O3S2. The van der Waals surface area contributed by atoms with Crippen LogP contribution in [0.3, 0.4) is 0 Å². The molecule has 4 heterocycles. The number of halogens is 2. The molecule has 3 aromatic heterocycles. The van der Waals surface area contributed by atoms with Gasteiger partial charge >= 0.3 is 5.00 Å². The molecule has 1 aliphatic rings. The molecule has 0 spiro atoms. The number of amides is 1. The molecule has 0 fully saturated rings. The summed E-state index contributed by atoms with van der Waals surface area (Å²) in [5, 5.41) is 18.0. The average Bonchev–Trinajstić information content (AvgIpc) is 3.62. The number of nitro groups is 1. The highest BCUT2D eigenvalue weighted by Gasteiger charge is 2.21. The minimum absolute atomic E-state index is 0.0649. The number of anilines is 1. The number of hydrogen-bond acceptors (Lipinski definition) is 8. The van der Waals surface area contributed by atoms with Crippen LogP contribution in [0.2, 0.25) is 0 Å². The zero-order valence-corrected chi connectivity index (χ0v) is 20.6. The molecule has 1 unspecified atom stereocenters. The van der Waals surface area contributed by atoms with E-state index in [1.165, 1.54) is 23.0 Å². The number of fused-ring (bicyclic) bond motifs is 2. The second-order valence-corrected chi connectivity index (χ2v) is 10.6. The van der Waals surface area contributed by atoms with Crippen LogP contribution in [0.1, 0.15) is 9.67 Å². The monoisotopic (exact) mass is 549 g/mol. The topological polar surface area (TPSA) is 128 Å². The van der Waals surface area contributed by atoms with Crippen molar-refractivity contribution < 1.29 is 18.5 Å². The predicted octanol–water partition coefficient (Wildman–Crippen LogP) is 5.72. The smallest absolute Gasteiger partial charge is 0.305 e. The van der Waals surface area contributed by atoms with Gasteiger partial charge in [0.1, 0.15) is 17.5 Å². The number of carbonyl (C=O) groups excluding carboxylic acids is 1. The van der Waals surface area contributed by atoms with Crippen LogP contribution < -0.4 is 5.32 Å². The summed E-state index contributed by atoms with van der Waals surface area (Å²) in [4.78, 5) is 38.0. The van der Waals surface area contributed by atoms with E-state index in [1.54, 1.807) is 17.7 Å². The molecule has 38 heavy (non-hydrogen) atoms. The van der Waals surface area contributed by atoms with Gasteiger partial charge in [-0.25, -0.2) is 28.4 Å². The molecule has 0 saturated carbocycles. The van der Waals surface area contributed by atoms with Crippen LogP contribution >= 0.6 is 21.8 Å². The van der Waals surface area contributed by atoms with Crippen LogP contribution in [0.5, 0.6) is 0 Å². The quantitative estimate of drug-likeness (QED) is 0.170. The molecule has 1 N–H and O–H groups in total. The fourth-order valence-electron chi connectivity index (χ4n) is 3.86. The summed E-state index contributed by atoms with van der Waals surface area (Å²) in [5.41, 5.74) is 3.28. The third-order valence-electron chi connectivity index (χ3n) is 5.57. The molecule has 2 aromatic carbocycles. The van der Waals surface area contributed by atoms with Crippen molar-refractivity contribution in [1.29, 1.82) is 0 Å². The van der Waals surface area contributed by atoms with Crippen LogP contribution in [0.4, 0.5) is 25.3 Å². The SMILES string of the molecule is C=S1C=Nc2cc(-c3nc(NC(=O)c4ccc([N+](=O)[O-])s4)c4cnn(-c5cc(F)cc(F)c5)c4n3)ccc21. The van der Waals surface area contributed by atoms with Gasteiger partial charge in [-0.3, -0.25) is 14.9 Å². The Bertz CT molecular complexity index is 1850. The van der Waals surface area contributed by atoms with Gasteiger partial charge in [0, 0.05) is 22.6 Å². The number of thiophene rings is 1. The van der Waals surface area contributed by atoms with Crippen molar-refractivity contribution in [3.63, 3.8) is 0 Å². The molecule has 1 amide bonds. The van der Waals surface area contributed by atoms with Crippen LogP contribution in [-0.4, -0.2) is 42.0 Å². The van der Waals surface area contributed by atoms with E-state index >= 15 is 0 Å². The van der Waals surface area contributed by atoms with Crippen molar-refractivity contribution in [2.45, 2.75) is 4.90 Å². The van der Waals surface area contributed by atoms with E-state index in [0.29, 0.717) is 22.6 Å². The highest BCUT2D eigenvalue weighted by molar-refractivity contribution is 8.26. The molecule has 14 heteroatoms. The summed E-state index contributed by atoms with van der Waals surface area (Å²) >= 11 is 0.714. The van der Waals surface area contributed by atoms with Gasteiger partial charge in [0.15, 0.2) is 11.5 Å². The van der Waals surface area contributed by atoms with Crippen molar-refractivity contribution >= 4 is 66.7 Å². The molecule has 1 aliphatic heterocycles. The third-order valence-corrected chi connectivity index (χ3v) is 7.87. The highest BCUT2D eigenvalue weighted by Crippen LogP contribution is 2.40. The number of benzene rings is 2. The van der Waals surface area contributed by atoms with Crippen molar-refractivity contribution in [2.24, 2.45) is 4.99 Å². The zero-order valence-electron chi connectivity index (χ0n) is 19.0. The van der Waals surface area contributed by atoms with Gasteiger partial charge in [0.2, 0.25) is 0 Å². The van der Waals surface area contributed by atoms with E-state index in [2.05, 4.69) is 31.2 Å². The van der Waals surface area contributed by atoms with E-state index in [9.17, 15) is 23.7 Å². The first-order valence-electron chi connectivity index (χ1n) is 10.8. The number of aromatic nitrogens is 4. The van der Waals surface area contributed by atoms with Crippen molar-refractivity contribution in [3.05, 3.63) is 81.4 Å². The number of nitrogens with zero attached hydrogens (tertiary/aromatic N) is 6. The van der Waals surface area contributed by atoms with Crippen LogP contribution in [0, 0.1) is 21.7 Å². The second kappa shape index (κ2) is 9.00. The number of carbonyl (C=O) groups is 1. The van der Waals surface area contributed by atoms with Crippen LogP contribution in [0.25, 0.3) is 28.1 Å². The highest BCUT2D eigenvalue weighted by atomic mass is 32.2. The molecule has 6 rings (SSSR count).